The molecule has 0 heterocycles. The van der Waals surface area contributed by atoms with E-state index in [1.807, 2.05) is 32.0 Å². The minimum Gasteiger partial charge on any atom is -0.480 e. The Morgan fingerprint density at radius 1 is 1.25 bits per heavy atom. The van der Waals surface area contributed by atoms with Gasteiger partial charge < -0.3 is 10.4 Å². The first kappa shape index (κ1) is 16.2. The third kappa shape index (κ3) is 4.35. The van der Waals surface area contributed by atoms with Crippen LogP contribution in [0.2, 0.25) is 0 Å². The number of benzene rings is 1. The molecule has 3 N–H and O–H groups in total. The molecule has 1 amide bonds. The van der Waals surface area contributed by atoms with E-state index in [1.165, 1.54) is 0 Å². The standard InChI is InChI=1S/C15H22N2O3/c1-9(2)14(15(19)20)16-8-13(18)17-12-7-5-6-10(3)11(12)4/h5-7,9,14,16H,8H2,1-4H3,(H,17,18)(H,19,20). The van der Waals surface area contributed by atoms with E-state index in [0.29, 0.717) is 0 Å². The van der Waals surface area contributed by atoms with Crippen molar-refractivity contribution in [3.05, 3.63) is 29.3 Å². The molecule has 1 aromatic rings. The number of aryl methyl sites for hydroxylation is 1. The molecule has 110 valence electrons. The number of carboxylic acids is 1. The highest BCUT2D eigenvalue weighted by molar-refractivity contribution is 5.93. The number of carbonyl (C=O) groups is 2. The monoisotopic (exact) mass is 278 g/mol. The van der Waals surface area contributed by atoms with Gasteiger partial charge in [-0.25, -0.2) is 0 Å². The predicted octanol–water partition coefficient (Wildman–Crippen LogP) is 1.94. The lowest BCUT2D eigenvalue weighted by Gasteiger charge is -2.18. The van der Waals surface area contributed by atoms with Gasteiger partial charge in [-0.2, -0.15) is 0 Å². The maximum absolute atomic E-state index is 11.9. The van der Waals surface area contributed by atoms with Crippen molar-refractivity contribution in [2.45, 2.75) is 33.7 Å². The van der Waals surface area contributed by atoms with E-state index in [2.05, 4.69) is 10.6 Å². The van der Waals surface area contributed by atoms with Crippen LogP contribution in [0.4, 0.5) is 5.69 Å². The fraction of sp³-hybridized carbons (Fsp3) is 0.467. The van der Waals surface area contributed by atoms with Gasteiger partial charge >= 0.3 is 5.97 Å². The van der Waals surface area contributed by atoms with Crippen LogP contribution in [0.25, 0.3) is 0 Å². The largest absolute Gasteiger partial charge is 0.480 e. The number of anilines is 1. The van der Waals surface area contributed by atoms with Crippen LogP contribution in [-0.2, 0) is 9.59 Å². The summed E-state index contributed by atoms with van der Waals surface area (Å²) in [6.07, 6.45) is 0. The molecule has 0 fully saturated rings. The number of aliphatic carboxylic acids is 1. The van der Waals surface area contributed by atoms with Crippen molar-refractivity contribution in [2.24, 2.45) is 5.92 Å². The van der Waals surface area contributed by atoms with Crippen molar-refractivity contribution in [2.75, 3.05) is 11.9 Å². The number of carbonyl (C=O) groups excluding carboxylic acids is 1. The first-order valence-electron chi connectivity index (χ1n) is 6.65. The van der Waals surface area contributed by atoms with Crippen LogP contribution in [0.15, 0.2) is 18.2 Å². The molecular weight excluding hydrogens is 256 g/mol. The first-order chi connectivity index (χ1) is 9.32. The molecule has 20 heavy (non-hydrogen) atoms. The summed E-state index contributed by atoms with van der Waals surface area (Å²) in [5, 5.41) is 14.6. The maximum atomic E-state index is 11.9. The minimum absolute atomic E-state index is 0.0253. The lowest BCUT2D eigenvalue weighted by Crippen LogP contribution is -2.44. The number of rotatable bonds is 6. The van der Waals surface area contributed by atoms with E-state index in [0.717, 1.165) is 16.8 Å². The molecule has 0 aliphatic carbocycles. The molecule has 5 heteroatoms. The summed E-state index contributed by atoms with van der Waals surface area (Å²) in [4.78, 5) is 22.9. The van der Waals surface area contributed by atoms with Gasteiger partial charge in [-0.05, 0) is 37.0 Å². The van der Waals surface area contributed by atoms with Gasteiger partial charge in [-0.1, -0.05) is 26.0 Å². The predicted molar refractivity (Wildman–Crippen MR) is 78.8 cm³/mol. The summed E-state index contributed by atoms with van der Waals surface area (Å²) >= 11 is 0. The summed E-state index contributed by atoms with van der Waals surface area (Å²) in [6, 6.07) is 4.96. The molecular formula is C15H22N2O3. The smallest absolute Gasteiger partial charge is 0.320 e. The van der Waals surface area contributed by atoms with Gasteiger partial charge in [0, 0.05) is 5.69 Å². The van der Waals surface area contributed by atoms with E-state index < -0.39 is 12.0 Å². The van der Waals surface area contributed by atoms with Crippen LogP contribution >= 0.6 is 0 Å². The van der Waals surface area contributed by atoms with Crippen LogP contribution in [-0.4, -0.2) is 29.6 Å². The number of hydrogen-bond donors (Lipinski definition) is 3. The molecule has 0 saturated heterocycles. The highest BCUT2D eigenvalue weighted by Crippen LogP contribution is 2.17. The van der Waals surface area contributed by atoms with E-state index in [4.69, 9.17) is 5.11 Å². The van der Waals surface area contributed by atoms with Crippen molar-refractivity contribution >= 4 is 17.6 Å². The maximum Gasteiger partial charge on any atom is 0.320 e. The molecule has 5 nitrogen and oxygen atoms in total. The van der Waals surface area contributed by atoms with E-state index in [9.17, 15) is 9.59 Å². The summed E-state index contributed by atoms with van der Waals surface area (Å²) in [5.41, 5.74) is 2.87. The third-order valence-corrected chi connectivity index (χ3v) is 3.29. The molecule has 0 aliphatic heterocycles. The minimum atomic E-state index is -0.945. The van der Waals surface area contributed by atoms with Gasteiger partial charge in [0.05, 0.1) is 6.54 Å². The van der Waals surface area contributed by atoms with E-state index in [1.54, 1.807) is 13.8 Å². The molecule has 0 aliphatic rings. The second kappa shape index (κ2) is 7.05. The lowest BCUT2D eigenvalue weighted by atomic mass is 10.0. The van der Waals surface area contributed by atoms with Crippen molar-refractivity contribution < 1.29 is 14.7 Å². The Hall–Kier alpha value is -1.88. The molecule has 1 rings (SSSR count). The molecule has 1 unspecified atom stereocenters. The fourth-order valence-electron chi connectivity index (χ4n) is 1.89. The Bertz CT molecular complexity index is 498. The van der Waals surface area contributed by atoms with E-state index >= 15 is 0 Å². The van der Waals surface area contributed by atoms with Gasteiger partial charge in [0.2, 0.25) is 5.91 Å². The zero-order chi connectivity index (χ0) is 15.3. The van der Waals surface area contributed by atoms with Gasteiger partial charge in [-0.3, -0.25) is 14.9 Å². The molecule has 0 saturated carbocycles. The number of carboxylic acid groups (broad SMARTS) is 1. The van der Waals surface area contributed by atoms with Crippen LogP contribution in [0.3, 0.4) is 0 Å². The Labute approximate surface area is 119 Å². The Kier molecular flexibility index (Phi) is 5.70. The Morgan fingerprint density at radius 3 is 2.45 bits per heavy atom. The highest BCUT2D eigenvalue weighted by Gasteiger charge is 2.21. The zero-order valence-corrected chi connectivity index (χ0v) is 12.4. The lowest BCUT2D eigenvalue weighted by molar-refractivity contribution is -0.140. The van der Waals surface area contributed by atoms with Crippen molar-refractivity contribution in [3.8, 4) is 0 Å². The van der Waals surface area contributed by atoms with Gasteiger partial charge in [0.25, 0.3) is 0 Å². The summed E-state index contributed by atoms with van der Waals surface area (Å²) < 4.78 is 0. The molecule has 0 radical (unpaired) electrons. The van der Waals surface area contributed by atoms with Crippen LogP contribution < -0.4 is 10.6 Å². The first-order valence-corrected chi connectivity index (χ1v) is 6.65. The van der Waals surface area contributed by atoms with Gasteiger partial charge in [0.15, 0.2) is 0 Å². The van der Waals surface area contributed by atoms with Gasteiger partial charge in [-0.15, -0.1) is 0 Å². The third-order valence-electron chi connectivity index (χ3n) is 3.29. The Morgan fingerprint density at radius 2 is 1.90 bits per heavy atom. The zero-order valence-electron chi connectivity index (χ0n) is 12.4. The molecule has 0 spiro atoms. The van der Waals surface area contributed by atoms with Crippen molar-refractivity contribution in [3.63, 3.8) is 0 Å². The SMILES string of the molecule is Cc1cccc(NC(=O)CNC(C(=O)O)C(C)C)c1C. The second-order valence-electron chi connectivity index (χ2n) is 5.24. The topological polar surface area (TPSA) is 78.4 Å². The number of nitrogens with one attached hydrogen (secondary N) is 2. The van der Waals surface area contributed by atoms with Crippen LogP contribution in [0.5, 0.6) is 0 Å². The summed E-state index contributed by atoms with van der Waals surface area (Å²) in [7, 11) is 0. The molecule has 1 aromatic carbocycles. The second-order valence-corrected chi connectivity index (χ2v) is 5.24. The van der Waals surface area contributed by atoms with Gasteiger partial charge in [0.1, 0.15) is 6.04 Å². The normalized spacial score (nSPS) is 12.2. The van der Waals surface area contributed by atoms with Crippen LogP contribution in [0.1, 0.15) is 25.0 Å². The summed E-state index contributed by atoms with van der Waals surface area (Å²) in [6.45, 7) is 7.49. The van der Waals surface area contributed by atoms with E-state index in [-0.39, 0.29) is 18.4 Å². The summed E-state index contributed by atoms with van der Waals surface area (Å²) in [5.74, 6) is -1.27. The average Bonchev–Trinajstić information content (AvgIpc) is 2.34. The Balaban J connectivity index is 2.60. The highest BCUT2D eigenvalue weighted by atomic mass is 16.4. The number of amides is 1. The molecule has 0 aromatic heterocycles. The quantitative estimate of drug-likeness (QED) is 0.743. The molecule has 1 atom stereocenters. The number of hydrogen-bond acceptors (Lipinski definition) is 3. The van der Waals surface area contributed by atoms with Crippen molar-refractivity contribution in [1.82, 2.24) is 5.32 Å². The van der Waals surface area contributed by atoms with Crippen LogP contribution in [0, 0.1) is 19.8 Å². The van der Waals surface area contributed by atoms with Crippen molar-refractivity contribution in [1.29, 1.82) is 0 Å². The average molecular weight is 278 g/mol. The fourth-order valence-corrected chi connectivity index (χ4v) is 1.89. The molecule has 0 bridgehead atoms.